The first-order chi connectivity index (χ1) is 23.0. The number of aliphatic hydroxyl groups is 1. The molecule has 0 spiro atoms. The third-order valence-electron chi connectivity index (χ3n) is 9.67. The van der Waals surface area contributed by atoms with Gasteiger partial charge in [0, 0.05) is 55.3 Å². The number of aryl methyl sites for hydroxylation is 2. The number of alkyl halides is 3. The van der Waals surface area contributed by atoms with Crippen molar-refractivity contribution in [3.8, 4) is 11.8 Å². The van der Waals surface area contributed by atoms with E-state index < -0.39 is 40.3 Å². The standard InChI is InChI=1S/C36H41F3N4O4S/c1-3-8-31-35(47-27-21-25(2)48-23-27,13-7-17-43(31)32(45)28-22-41-16-12-30(28)36(37,38)39)33(46)42-18-14-34(24-40,15-19-42)29-11-5-4-9-26(29)10-6-20-44/h4-5,9,11-12,16,21-23,31,44H,3,6-8,10,13-15,17-20H2,1-2H3/t31-,35+/m1/s1. The number of hydrogen-bond acceptors (Lipinski definition) is 7. The molecule has 0 unspecified atom stereocenters. The van der Waals surface area contributed by atoms with Crippen molar-refractivity contribution in [3.05, 3.63) is 81.3 Å². The van der Waals surface area contributed by atoms with Gasteiger partial charge in [0.25, 0.3) is 11.8 Å². The number of nitriles is 1. The molecule has 2 aromatic heterocycles. The van der Waals surface area contributed by atoms with Crippen molar-refractivity contribution in [2.75, 3.05) is 26.2 Å². The number of benzene rings is 1. The number of amides is 2. The Balaban J connectivity index is 1.51. The predicted molar refractivity (Wildman–Crippen MR) is 176 cm³/mol. The topological polar surface area (TPSA) is 107 Å². The van der Waals surface area contributed by atoms with Crippen molar-refractivity contribution in [1.82, 2.24) is 14.8 Å². The van der Waals surface area contributed by atoms with E-state index in [1.54, 1.807) is 10.3 Å². The van der Waals surface area contributed by atoms with E-state index in [9.17, 15) is 33.1 Å². The normalized spacial score (nSPS) is 21.1. The summed E-state index contributed by atoms with van der Waals surface area (Å²) in [5.41, 5.74) is -2.10. The lowest BCUT2D eigenvalue weighted by Crippen LogP contribution is -2.68. The number of aromatic nitrogens is 1. The van der Waals surface area contributed by atoms with Crippen molar-refractivity contribution in [2.45, 2.75) is 88.4 Å². The monoisotopic (exact) mass is 682 g/mol. The number of carbonyl (C=O) groups excluding carboxylic acids is 2. The number of likely N-dealkylation sites (tertiary alicyclic amines) is 2. The van der Waals surface area contributed by atoms with Gasteiger partial charge in [-0.15, -0.1) is 11.3 Å². The number of aliphatic hydroxyl groups excluding tert-OH is 1. The molecular formula is C36H41F3N4O4S. The Labute approximate surface area is 283 Å². The predicted octanol–water partition coefficient (Wildman–Crippen LogP) is 6.70. The minimum absolute atomic E-state index is 0.0403. The molecule has 1 aromatic carbocycles. The minimum atomic E-state index is -4.76. The molecule has 0 radical (unpaired) electrons. The van der Waals surface area contributed by atoms with E-state index in [-0.39, 0.29) is 38.6 Å². The van der Waals surface area contributed by atoms with Crippen LogP contribution in [0.2, 0.25) is 0 Å². The van der Waals surface area contributed by atoms with Crippen molar-refractivity contribution in [1.29, 1.82) is 5.26 Å². The van der Waals surface area contributed by atoms with Crippen LogP contribution in [-0.4, -0.2) is 69.6 Å². The van der Waals surface area contributed by atoms with Crippen LogP contribution < -0.4 is 4.74 Å². The Bertz CT molecular complexity index is 1650. The zero-order chi connectivity index (χ0) is 34.5. The number of pyridine rings is 1. The summed E-state index contributed by atoms with van der Waals surface area (Å²) in [4.78, 5) is 36.8. The zero-order valence-electron chi connectivity index (χ0n) is 27.3. The third kappa shape index (κ3) is 6.94. The van der Waals surface area contributed by atoms with Crippen LogP contribution in [0.3, 0.4) is 0 Å². The molecule has 1 N–H and O–H groups in total. The first-order valence-corrected chi connectivity index (χ1v) is 17.3. The van der Waals surface area contributed by atoms with E-state index in [4.69, 9.17) is 4.74 Å². The van der Waals surface area contributed by atoms with Gasteiger partial charge >= 0.3 is 6.18 Å². The number of nitrogens with zero attached hydrogens (tertiary/aromatic N) is 4. The molecule has 2 amide bonds. The van der Waals surface area contributed by atoms with Gasteiger partial charge in [-0.2, -0.15) is 18.4 Å². The number of ether oxygens (including phenoxy) is 1. The molecule has 48 heavy (non-hydrogen) atoms. The molecule has 2 aliphatic rings. The molecule has 2 atom stereocenters. The molecular weight excluding hydrogens is 641 g/mol. The van der Waals surface area contributed by atoms with E-state index in [0.29, 0.717) is 50.7 Å². The molecule has 0 bridgehead atoms. The maximum absolute atomic E-state index is 14.9. The largest absolute Gasteiger partial charge is 0.474 e. The summed E-state index contributed by atoms with van der Waals surface area (Å²) in [5.74, 6) is -0.693. The van der Waals surface area contributed by atoms with E-state index in [0.717, 1.165) is 34.5 Å². The highest BCUT2D eigenvalue weighted by atomic mass is 32.1. The van der Waals surface area contributed by atoms with Crippen molar-refractivity contribution in [3.63, 3.8) is 0 Å². The summed E-state index contributed by atoms with van der Waals surface area (Å²) in [6.07, 6.45) is 0.655. The smallest absolute Gasteiger partial charge is 0.417 e. The van der Waals surface area contributed by atoms with Crippen LogP contribution in [0.4, 0.5) is 13.2 Å². The van der Waals surface area contributed by atoms with Gasteiger partial charge in [-0.05, 0) is 68.7 Å². The van der Waals surface area contributed by atoms with Gasteiger partial charge in [0.15, 0.2) is 0 Å². The molecule has 5 rings (SSSR count). The molecule has 0 saturated carbocycles. The third-order valence-corrected chi connectivity index (χ3v) is 10.5. The molecule has 2 fully saturated rings. The van der Waals surface area contributed by atoms with Gasteiger partial charge in [0.1, 0.15) is 5.75 Å². The number of hydrogen-bond donors (Lipinski definition) is 1. The molecule has 0 aliphatic carbocycles. The fraction of sp³-hybridized carbons (Fsp3) is 0.500. The summed E-state index contributed by atoms with van der Waals surface area (Å²) >= 11 is 1.45. The second-order valence-electron chi connectivity index (χ2n) is 12.7. The van der Waals surface area contributed by atoms with Gasteiger partial charge in [0.05, 0.1) is 28.7 Å². The number of piperidine rings is 2. The second kappa shape index (κ2) is 14.7. The van der Waals surface area contributed by atoms with E-state index in [1.165, 1.54) is 16.2 Å². The molecule has 2 aliphatic heterocycles. The quantitative estimate of drug-likeness (QED) is 0.255. The highest BCUT2D eigenvalue weighted by Crippen LogP contribution is 2.43. The van der Waals surface area contributed by atoms with Gasteiger partial charge in [-0.25, -0.2) is 0 Å². The Hall–Kier alpha value is -3.95. The Morgan fingerprint density at radius 3 is 2.56 bits per heavy atom. The lowest BCUT2D eigenvalue weighted by Gasteiger charge is -2.51. The Kier molecular flexibility index (Phi) is 10.8. The van der Waals surface area contributed by atoms with Gasteiger partial charge in [-0.1, -0.05) is 37.6 Å². The first kappa shape index (κ1) is 35.4. The SMILES string of the molecule is CCC[C@H]1N(C(=O)c2cnccc2C(F)(F)F)CCC[C@@]1(Oc1csc(C)c1)C(=O)N1CCC(C#N)(c2ccccc2CCCO)CC1. The molecule has 256 valence electrons. The van der Waals surface area contributed by atoms with Crippen LogP contribution in [0, 0.1) is 18.3 Å². The summed E-state index contributed by atoms with van der Waals surface area (Å²) in [6, 6.07) is 12.1. The van der Waals surface area contributed by atoms with Crippen molar-refractivity contribution >= 4 is 23.2 Å². The number of thiophene rings is 1. The van der Waals surface area contributed by atoms with Crippen molar-refractivity contribution in [2.24, 2.45) is 0 Å². The summed E-state index contributed by atoms with van der Waals surface area (Å²) in [6.45, 7) is 4.56. The number of halogens is 3. The van der Waals surface area contributed by atoms with Crippen LogP contribution >= 0.6 is 11.3 Å². The maximum Gasteiger partial charge on any atom is 0.417 e. The Morgan fingerprint density at radius 2 is 1.92 bits per heavy atom. The van der Waals surface area contributed by atoms with Gasteiger partial charge in [0.2, 0.25) is 5.60 Å². The number of carbonyl (C=O) groups is 2. The zero-order valence-corrected chi connectivity index (χ0v) is 28.1. The molecule has 12 heteroatoms. The van der Waals surface area contributed by atoms with Gasteiger partial charge in [-0.3, -0.25) is 14.6 Å². The summed E-state index contributed by atoms with van der Waals surface area (Å²) in [7, 11) is 0. The van der Waals surface area contributed by atoms with Crippen LogP contribution in [0.25, 0.3) is 0 Å². The molecule has 3 aromatic rings. The highest BCUT2D eigenvalue weighted by molar-refractivity contribution is 7.10. The summed E-state index contributed by atoms with van der Waals surface area (Å²) in [5, 5.41) is 21.7. The van der Waals surface area contributed by atoms with E-state index in [2.05, 4.69) is 11.1 Å². The van der Waals surface area contributed by atoms with Crippen LogP contribution in [-0.2, 0) is 22.8 Å². The lowest BCUT2D eigenvalue weighted by molar-refractivity contribution is -0.160. The lowest BCUT2D eigenvalue weighted by atomic mass is 9.71. The first-order valence-electron chi connectivity index (χ1n) is 16.5. The van der Waals surface area contributed by atoms with Crippen LogP contribution in [0.5, 0.6) is 5.75 Å². The van der Waals surface area contributed by atoms with Crippen LogP contribution in [0.15, 0.2) is 54.2 Å². The number of rotatable bonds is 10. The summed E-state index contributed by atoms with van der Waals surface area (Å²) < 4.78 is 48.7. The molecule has 4 heterocycles. The average Bonchev–Trinajstić information content (AvgIpc) is 3.51. The van der Waals surface area contributed by atoms with Crippen LogP contribution in [0.1, 0.15) is 83.8 Å². The Morgan fingerprint density at radius 1 is 1.17 bits per heavy atom. The second-order valence-corrected chi connectivity index (χ2v) is 13.8. The fourth-order valence-corrected chi connectivity index (χ4v) is 7.93. The van der Waals surface area contributed by atoms with E-state index in [1.807, 2.05) is 44.2 Å². The molecule has 2 saturated heterocycles. The molecule has 8 nitrogen and oxygen atoms in total. The fourth-order valence-electron chi connectivity index (χ4n) is 7.33. The van der Waals surface area contributed by atoms with Crippen molar-refractivity contribution < 1.29 is 32.6 Å². The van der Waals surface area contributed by atoms with E-state index >= 15 is 0 Å². The minimum Gasteiger partial charge on any atom is -0.474 e. The maximum atomic E-state index is 14.9. The highest BCUT2D eigenvalue weighted by Gasteiger charge is 2.56. The van der Waals surface area contributed by atoms with Gasteiger partial charge < -0.3 is 19.6 Å². The average molecular weight is 683 g/mol.